The molecule has 0 spiro atoms. The Hall–Kier alpha value is -3.50. The first-order chi connectivity index (χ1) is 14.9. The Bertz CT molecular complexity index is 1110. The fourth-order valence-electron chi connectivity index (χ4n) is 2.60. The Kier molecular flexibility index (Phi) is 7.16. The van der Waals surface area contributed by atoms with Crippen LogP contribution in [-0.4, -0.2) is 30.0 Å². The smallest absolute Gasteiger partial charge is 0.340 e. The summed E-state index contributed by atoms with van der Waals surface area (Å²) in [4.78, 5) is 37.4. The molecule has 3 rings (SSSR count). The van der Waals surface area contributed by atoms with Crippen LogP contribution in [0.4, 0.5) is 11.4 Å². The van der Waals surface area contributed by atoms with Gasteiger partial charge in [0.15, 0.2) is 6.10 Å². The summed E-state index contributed by atoms with van der Waals surface area (Å²) in [7, 11) is 1.38. The normalized spacial score (nSPS) is 12.1. The molecule has 10 heteroatoms. The number of amides is 1. The standard InChI is InChI=1S/C21H18N2O6S2/c1-13(20(24)22-17-11-14(23(26)27)7-8-18(17)28-2)29-21(25)16(19-6-4-10-31-19)12-15-5-3-9-30-15/h3-13H,1-2H3,(H,22,24)/b16-12+. The van der Waals surface area contributed by atoms with Gasteiger partial charge in [-0.3, -0.25) is 14.9 Å². The first kappa shape index (κ1) is 22.2. The summed E-state index contributed by atoms with van der Waals surface area (Å²) in [6.45, 7) is 1.42. The largest absolute Gasteiger partial charge is 0.495 e. The lowest BCUT2D eigenvalue weighted by molar-refractivity contribution is -0.384. The zero-order chi connectivity index (χ0) is 22.4. The predicted octanol–water partition coefficient (Wildman–Crippen LogP) is 4.84. The van der Waals surface area contributed by atoms with Gasteiger partial charge in [-0.2, -0.15) is 0 Å². The number of hydrogen-bond donors (Lipinski definition) is 1. The van der Waals surface area contributed by atoms with Gasteiger partial charge < -0.3 is 14.8 Å². The van der Waals surface area contributed by atoms with Crippen molar-refractivity contribution in [1.82, 2.24) is 0 Å². The van der Waals surface area contributed by atoms with E-state index in [-0.39, 0.29) is 17.1 Å². The lowest BCUT2D eigenvalue weighted by Crippen LogP contribution is -2.30. The second-order valence-electron chi connectivity index (χ2n) is 6.23. The molecule has 1 N–H and O–H groups in total. The average Bonchev–Trinajstić information content (AvgIpc) is 3.45. The monoisotopic (exact) mass is 458 g/mol. The van der Waals surface area contributed by atoms with Crippen molar-refractivity contribution in [1.29, 1.82) is 0 Å². The minimum atomic E-state index is -1.15. The number of nitro groups is 1. The highest BCUT2D eigenvalue weighted by molar-refractivity contribution is 7.12. The van der Waals surface area contributed by atoms with Crippen LogP contribution in [0.2, 0.25) is 0 Å². The van der Waals surface area contributed by atoms with Crippen LogP contribution >= 0.6 is 22.7 Å². The fourth-order valence-corrected chi connectivity index (χ4v) is 3.98. The maximum atomic E-state index is 12.8. The van der Waals surface area contributed by atoms with Crippen molar-refractivity contribution in [2.75, 3.05) is 12.4 Å². The maximum absolute atomic E-state index is 12.8. The SMILES string of the molecule is COc1ccc([N+](=O)[O-])cc1NC(=O)C(C)OC(=O)/C(=C/c1cccs1)c1cccs1. The molecule has 0 saturated carbocycles. The number of carbonyl (C=O) groups is 2. The summed E-state index contributed by atoms with van der Waals surface area (Å²) in [6.07, 6.45) is 0.565. The summed E-state index contributed by atoms with van der Waals surface area (Å²) in [5.41, 5.74) is 0.238. The van der Waals surface area contributed by atoms with Crippen molar-refractivity contribution in [2.24, 2.45) is 0 Å². The van der Waals surface area contributed by atoms with Crippen LogP contribution in [0, 0.1) is 10.1 Å². The van der Waals surface area contributed by atoms with Crippen LogP contribution in [0.3, 0.4) is 0 Å². The molecule has 8 nitrogen and oxygen atoms in total. The number of esters is 1. The third kappa shape index (κ3) is 5.56. The van der Waals surface area contributed by atoms with Crippen LogP contribution in [0.15, 0.2) is 53.2 Å². The van der Waals surface area contributed by atoms with Crippen LogP contribution in [-0.2, 0) is 14.3 Å². The quantitative estimate of drug-likeness (QED) is 0.224. The molecule has 0 bridgehead atoms. The van der Waals surface area contributed by atoms with Crippen molar-refractivity contribution in [3.63, 3.8) is 0 Å². The molecule has 0 radical (unpaired) electrons. The second-order valence-corrected chi connectivity index (χ2v) is 8.16. The Balaban J connectivity index is 1.76. The highest BCUT2D eigenvalue weighted by atomic mass is 32.1. The van der Waals surface area contributed by atoms with E-state index in [2.05, 4.69) is 5.32 Å². The van der Waals surface area contributed by atoms with Gasteiger partial charge in [0.2, 0.25) is 0 Å². The van der Waals surface area contributed by atoms with Gasteiger partial charge in [0.1, 0.15) is 5.75 Å². The Labute approximate surface area is 185 Å². The van der Waals surface area contributed by atoms with E-state index < -0.39 is 22.9 Å². The highest BCUT2D eigenvalue weighted by Crippen LogP contribution is 2.30. The first-order valence-electron chi connectivity index (χ1n) is 9.02. The van der Waals surface area contributed by atoms with Gasteiger partial charge in [0.25, 0.3) is 11.6 Å². The minimum absolute atomic E-state index is 0.109. The average molecular weight is 459 g/mol. The van der Waals surface area contributed by atoms with E-state index in [0.717, 1.165) is 4.88 Å². The summed E-state index contributed by atoms with van der Waals surface area (Å²) >= 11 is 2.86. The van der Waals surface area contributed by atoms with Crippen LogP contribution in [0.25, 0.3) is 11.6 Å². The number of methoxy groups -OCH3 is 1. The molecular formula is C21H18N2O6S2. The number of ether oxygens (including phenoxy) is 2. The molecule has 1 aromatic carbocycles. The van der Waals surface area contributed by atoms with Crippen LogP contribution < -0.4 is 10.1 Å². The number of nitrogens with zero attached hydrogens (tertiary/aromatic N) is 1. The van der Waals surface area contributed by atoms with E-state index in [1.165, 1.54) is 54.9 Å². The van der Waals surface area contributed by atoms with Gasteiger partial charge in [0.05, 0.1) is 23.3 Å². The molecular weight excluding hydrogens is 440 g/mol. The molecule has 1 unspecified atom stereocenters. The topological polar surface area (TPSA) is 108 Å². The molecule has 3 aromatic rings. The molecule has 2 heterocycles. The number of nitrogens with one attached hydrogen (secondary N) is 1. The van der Waals surface area contributed by atoms with Crippen LogP contribution in [0.5, 0.6) is 5.75 Å². The van der Waals surface area contributed by atoms with Gasteiger partial charge in [-0.1, -0.05) is 12.1 Å². The highest BCUT2D eigenvalue weighted by Gasteiger charge is 2.24. The molecule has 1 atom stereocenters. The second kappa shape index (κ2) is 10.0. The Morgan fingerprint density at radius 3 is 2.52 bits per heavy atom. The van der Waals surface area contributed by atoms with Crippen molar-refractivity contribution >= 4 is 57.6 Å². The van der Waals surface area contributed by atoms with Crippen LogP contribution in [0.1, 0.15) is 16.7 Å². The number of rotatable bonds is 8. The number of hydrogen-bond acceptors (Lipinski definition) is 8. The van der Waals surface area contributed by atoms with E-state index in [9.17, 15) is 19.7 Å². The fraction of sp³-hybridized carbons (Fsp3) is 0.143. The predicted molar refractivity (Wildman–Crippen MR) is 120 cm³/mol. The third-order valence-electron chi connectivity index (χ3n) is 4.14. The van der Waals surface area contributed by atoms with Crippen molar-refractivity contribution in [3.8, 4) is 5.75 Å². The third-order valence-corrected chi connectivity index (χ3v) is 5.86. The Morgan fingerprint density at radius 2 is 1.90 bits per heavy atom. The minimum Gasteiger partial charge on any atom is -0.495 e. The zero-order valence-corrected chi connectivity index (χ0v) is 18.2. The van der Waals surface area contributed by atoms with Gasteiger partial charge in [0, 0.05) is 21.9 Å². The van der Waals surface area contributed by atoms with E-state index in [1.54, 1.807) is 12.1 Å². The number of anilines is 1. The van der Waals surface area contributed by atoms with Crippen molar-refractivity contribution in [3.05, 3.63) is 73.1 Å². The lowest BCUT2D eigenvalue weighted by Gasteiger charge is -2.16. The van der Waals surface area contributed by atoms with E-state index in [1.807, 2.05) is 29.0 Å². The lowest BCUT2D eigenvalue weighted by atomic mass is 10.2. The summed E-state index contributed by atoms with van der Waals surface area (Å²) in [6, 6.07) is 11.2. The zero-order valence-electron chi connectivity index (χ0n) is 16.6. The number of nitro benzene ring substituents is 1. The van der Waals surface area contributed by atoms with Gasteiger partial charge >= 0.3 is 5.97 Å². The molecule has 0 aliphatic rings. The van der Waals surface area contributed by atoms with E-state index in [0.29, 0.717) is 10.5 Å². The summed E-state index contributed by atoms with van der Waals surface area (Å²) in [5, 5.41) is 17.3. The molecule has 0 fully saturated rings. The number of non-ortho nitro benzene ring substituents is 1. The molecule has 160 valence electrons. The molecule has 2 aromatic heterocycles. The van der Waals surface area contributed by atoms with E-state index in [4.69, 9.17) is 9.47 Å². The molecule has 1 amide bonds. The first-order valence-corrected chi connectivity index (χ1v) is 10.8. The van der Waals surface area contributed by atoms with Gasteiger partial charge in [-0.25, -0.2) is 4.79 Å². The Morgan fingerprint density at radius 1 is 1.16 bits per heavy atom. The maximum Gasteiger partial charge on any atom is 0.340 e. The number of carbonyl (C=O) groups excluding carboxylic acids is 2. The van der Waals surface area contributed by atoms with Gasteiger partial charge in [-0.05, 0) is 42.0 Å². The summed E-state index contributed by atoms with van der Waals surface area (Å²) in [5.74, 6) is -1.05. The van der Waals surface area contributed by atoms with Gasteiger partial charge in [-0.15, -0.1) is 22.7 Å². The van der Waals surface area contributed by atoms with Crippen molar-refractivity contribution < 1.29 is 24.0 Å². The molecule has 31 heavy (non-hydrogen) atoms. The van der Waals surface area contributed by atoms with Crippen molar-refractivity contribution in [2.45, 2.75) is 13.0 Å². The molecule has 0 saturated heterocycles. The molecule has 0 aliphatic heterocycles. The number of thiophene rings is 2. The van der Waals surface area contributed by atoms with E-state index >= 15 is 0 Å². The molecule has 0 aliphatic carbocycles. The summed E-state index contributed by atoms with van der Waals surface area (Å²) < 4.78 is 10.5. The number of benzene rings is 1.